The van der Waals surface area contributed by atoms with Crippen molar-refractivity contribution in [2.45, 2.75) is 39.3 Å². The van der Waals surface area contributed by atoms with Crippen LogP contribution in [-0.2, 0) is 6.54 Å². The van der Waals surface area contributed by atoms with Gasteiger partial charge in [-0.2, -0.15) is 0 Å². The Hall–Kier alpha value is -0.830. The van der Waals surface area contributed by atoms with Crippen LogP contribution in [0.4, 0.5) is 0 Å². The second kappa shape index (κ2) is 4.26. The van der Waals surface area contributed by atoms with Crippen molar-refractivity contribution in [1.82, 2.24) is 9.55 Å². The van der Waals surface area contributed by atoms with E-state index in [1.165, 1.54) is 0 Å². The van der Waals surface area contributed by atoms with E-state index in [2.05, 4.69) is 23.4 Å². The fourth-order valence-electron chi connectivity index (χ4n) is 1.39. The molecule has 68 valence electrons. The number of nitrogens with two attached hydrogens (primary N) is 1. The minimum absolute atomic E-state index is 0.535. The molecule has 0 bridgehead atoms. The zero-order valence-corrected chi connectivity index (χ0v) is 7.83. The number of rotatable bonds is 4. The van der Waals surface area contributed by atoms with Crippen LogP contribution in [0.25, 0.3) is 0 Å². The van der Waals surface area contributed by atoms with E-state index < -0.39 is 0 Å². The van der Waals surface area contributed by atoms with E-state index >= 15 is 0 Å². The van der Waals surface area contributed by atoms with Crippen LogP contribution in [-0.4, -0.2) is 9.55 Å². The first-order valence-corrected chi connectivity index (χ1v) is 4.54. The van der Waals surface area contributed by atoms with Crippen LogP contribution in [0, 0.1) is 0 Å². The number of hydrogen-bond acceptors (Lipinski definition) is 2. The molecule has 0 unspecified atom stereocenters. The van der Waals surface area contributed by atoms with Crippen LogP contribution in [0.2, 0.25) is 0 Å². The van der Waals surface area contributed by atoms with Crippen molar-refractivity contribution >= 4 is 0 Å². The summed E-state index contributed by atoms with van der Waals surface area (Å²) in [6, 6.07) is 0.581. The van der Waals surface area contributed by atoms with Gasteiger partial charge in [0.2, 0.25) is 0 Å². The summed E-state index contributed by atoms with van der Waals surface area (Å²) in [5.41, 5.74) is 6.44. The van der Waals surface area contributed by atoms with Crippen LogP contribution in [0.15, 0.2) is 12.5 Å². The van der Waals surface area contributed by atoms with Gasteiger partial charge in [-0.3, -0.25) is 0 Å². The molecule has 0 amide bonds. The zero-order chi connectivity index (χ0) is 8.97. The summed E-state index contributed by atoms with van der Waals surface area (Å²) in [6.07, 6.45) is 6.21. The van der Waals surface area contributed by atoms with Gasteiger partial charge in [0, 0.05) is 18.8 Å². The molecule has 1 rings (SSSR count). The first kappa shape index (κ1) is 9.26. The summed E-state index contributed by atoms with van der Waals surface area (Å²) >= 11 is 0. The zero-order valence-electron chi connectivity index (χ0n) is 7.83. The second-order valence-electron chi connectivity index (χ2n) is 2.99. The molecule has 1 aromatic heterocycles. The highest BCUT2D eigenvalue weighted by molar-refractivity contribution is 4.96. The van der Waals surface area contributed by atoms with Gasteiger partial charge in [-0.1, -0.05) is 13.8 Å². The van der Waals surface area contributed by atoms with E-state index in [0.29, 0.717) is 12.6 Å². The van der Waals surface area contributed by atoms with E-state index in [1.54, 1.807) is 0 Å². The topological polar surface area (TPSA) is 43.8 Å². The summed E-state index contributed by atoms with van der Waals surface area (Å²) in [5, 5.41) is 0. The Balaban J connectivity index is 2.72. The fraction of sp³-hybridized carbons (Fsp3) is 0.667. The van der Waals surface area contributed by atoms with Gasteiger partial charge >= 0.3 is 0 Å². The average molecular weight is 167 g/mol. The van der Waals surface area contributed by atoms with E-state index in [0.717, 1.165) is 18.5 Å². The summed E-state index contributed by atoms with van der Waals surface area (Å²) in [7, 11) is 0. The van der Waals surface area contributed by atoms with Crippen LogP contribution < -0.4 is 5.73 Å². The Bertz CT molecular complexity index is 225. The third kappa shape index (κ3) is 1.85. The van der Waals surface area contributed by atoms with Gasteiger partial charge in [0.15, 0.2) is 0 Å². The lowest BCUT2D eigenvalue weighted by Crippen LogP contribution is -2.04. The Morgan fingerprint density at radius 1 is 1.50 bits per heavy atom. The molecular formula is C9H17N3. The third-order valence-corrected chi connectivity index (χ3v) is 2.23. The molecule has 0 spiro atoms. The molecular weight excluding hydrogens is 150 g/mol. The quantitative estimate of drug-likeness (QED) is 0.741. The van der Waals surface area contributed by atoms with Crippen LogP contribution in [0.5, 0.6) is 0 Å². The van der Waals surface area contributed by atoms with E-state index in [9.17, 15) is 0 Å². The van der Waals surface area contributed by atoms with Gasteiger partial charge in [0.25, 0.3) is 0 Å². The van der Waals surface area contributed by atoms with Gasteiger partial charge in [-0.25, -0.2) is 4.98 Å². The Labute approximate surface area is 73.6 Å². The van der Waals surface area contributed by atoms with Crippen molar-refractivity contribution in [2.24, 2.45) is 5.73 Å². The Kier molecular flexibility index (Phi) is 3.29. The van der Waals surface area contributed by atoms with E-state index in [1.807, 2.05) is 12.5 Å². The monoisotopic (exact) mass is 167 g/mol. The molecule has 2 N–H and O–H groups in total. The van der Waals surface area contributed by atoms with E-state index in [-0.39, 0.29) is 0 Å². The highest BCUT2D eigenvalue weighted by Gasteiger charge is 2.05. The van der Waals surface area contributed by atoms with Crippen LogP contribution in [0.1, 0.15) is 38.4 Å². The smallest absolute Gasteiger partial charge is 0.0952 e. The molecule has 0 aliphatic heterocycles. The number of hydrogen-bond donors (Lipinski definition) is 1. The molecule has 0 aromatic carbocycles. The van der Waals surface area contributed by atoms with Gasteiger partial charge in [-0.15, -0.1) is 0 Å². The molecule has 1 heterocycles. The highest BCUT2D eigenvalue weighted by Crippen LogP contribution is 2.14. The van der Waals surface area contributed by atoms with Crippen molar-refractivity contribution in [3.63, 3.8) is 0 Å². The van der Waals surface area contributed by atoms with Gasteiger partial charge in [0.05, 0.1) is 12.0 Å². The largest absolute Gasteiger partial charge is 0.334 e. The molecule has 0 radical (unpaired) electrons. The molecule has 0 aliphatic rings. The predicted octanol–water partition coefficient (Wildman–Crippen LogP) is 1.70. The summed E-state index contributed by atoms with van der Waals surface area (Å²) < 4.78 is 2.15. The molecule has 3 heteroatoms. The molecule has 0 fully saturated rings. The standard InChI is InChI=1S/C9H17N3/c1-3-9(4-2)12-6-8(5-10)11-7-12/h6-7,9H,3-5,10H2,1-2H3. The lowest BCUT2D eigenvalue weighted by atomic mass is 10.2. The van der Waals surface area contributed by atoms with Gasteiger partial charge in [0.1, 0.15) is 0 Å². The fourth-order valence-corrected chi connectivity index (χ4v) is 1.39. The van der Waals surface area contributed by atoms with Crippen molar-refractivity contribution in [3.8, 4) is 0 Å². The molecule has 12 heavy (non-hydrogen) atoms. The maximum absolute atomic E-state index is 5.47. The van der Waals surface area contributed by atoms with Crippen LogP contribution >= 0.6 is 0 Å². The summed E-state index contributed by atoms with van der Waals surface area (Å²) in [6.45, 7) is 4.92. The van der Waals surface area contributed by atoms with Crippen molar-refractivity contribution in [3.05, 3.63) is 18.2 Å². The van der Waals surface area contributed by atoms with Gasteiger partial charge < -0.3 is 10.3 Å². The Morgan fingerprint density at radius 3 is 2.58 bits per heavy atom. The number of aromatic nitrogens is 2. The normalized spacial score (nSPS) is 11.0. The van der Waals surface area contributed by atoms with E-state index in [4.69, 9.17) is 5.73 Å². The van der Waals surface area contributed by atoms with Crippen molar-refractivity contribution in [1.29, 1.82) is 0 Å². The van der Waals surface area contributed by atoms with Crippen LogP contribution in [0.3, 0.4) is 0 Å². The van der Waals surface area contributed by atoms with Crippen molar-refractivity contribution < 1.29 is 0 Å². The lowest BCUT2D eigenvalue weighted by Gasteiger charge is -2.12. The highest BCUT2D eigenvalue weighted by atomic mass is 15.1. The van der Waals surface area contributed by atoms with Crippen molar-refractivity contribution in [2.75, 3.05) is 0 Å². The predicted molar refractivity (Wildman–Crippen MR) is 49.7 cm³/mol. The maximum Gasteiger partial charge on any atom is 0.0952 e. The second-order valence-corrected chi connectivity index (χ2v) is 2.99. The number of nitrogens with zero attached hydrogens (tertiary/aromatic N) is 2. The van der Waals surface area contributed by atoms with Gasteiger partial charge in [-0.05, 0) is 12.8 Å². The molecule has 0 aliphatic carbocycles. The Morgan fingerprint density at radius 2 is 2.17 bits per heavy atom. The molecule has 3 nitrogen and oxygen atoms in total. The summed E-state index contributed by atoms with van der Waals surface area (Å²) in [4.78, 5) is 4.19. The minimum atomic E-state index is 0.535. The first-order valence-electron chi connectivity index (χ1n) is 4.54. The summed E-state index contributed by atoms with van der Waals surface area (Å²) in [5.74, 6) is 0. The maximum atomic E-state index is 5.47. The molecule has 1 aromatic rings. The molecule has 0 saturated carbocycles. The average Bonchev–Trinajstić information content (AvgIpc) is 2.55. The minimum Gasteiger partial charge on any atom is -0.334 e. The molecule has 0 saturated heterocycles. The number of imidazole rings is 1. The SMILES string of the molecule is CCC(CC)n1cnc(CN)c1. The first-order chi connectivity index (χ1) is 5.81. The molecule has 0 atom stereocenters. The third-order valence-electron chi connectivity index (χ3n) is 2.23. The lowest BCUT2D eigenvalue weighted by molar-refractivity contribution is 0.471.